The smallest absolute Gasteiger partial charge is 0.407 e. The zero-order valence-electron chi connectivity index (χ0n) is 19.5. The van der Waals surface area contributed by atoms with Crippen LogP contribution in [-0.4, -0.2) is 54.0 Å². The molecule has 0 spiro atoms. The van der Waals surface area contributed by atoms with Crippen molar-refractivity contribution in [3.05, 3.63) is 59.7 Å². The quantitative estimate of drug-likeness (QED) is 0.561. The number of hydrogen-bond donors (Lipinski definition) is 3. The minimum atomic E-state index is -0.937. The Hall–Kier alpha value is -3.39. The highest BCUT2D eigenvalue weighted by Gasteiger charge is 2.42. The molecular weight excluding hydrogens is 448 g/mol. The molecule has 1 saturated heterocycles. The molecule has 2 aromatic carbocycles. The van der Waals surface area contributed by atoms with Gasteiger partial charge in [0.05, 0.1) is 18.0 Å². The van der Waals surface area contributed by atoms with Crippen LogP contribution in [0.2, 0.25) is 0 Å². The molecule has 184 valence electrons. The van der Waals surface area contributed by atoms with Crippen LogP contribution in [-0.2, 0) is 19.1 Å². The first-order valence-electron chi connectivity index (χ1n) is 12.2. The summed E-state index contributed by atoms with van der Waals surface area (Å²) in [6.07, 6.45) is 1.90. The fourth-order valence-electron chi connectivity index (χ4n) is 5.81. The van der Waals surface area contributed by atoms with E-state index in [1.165, 1.54) is 0 Å². The topological polar surface area (TPSA) is 114 Å². The van der Waals surface area contributed by atoms with Crippen LogP contribution in [0.1, 0.15) is 55.6 Å². The van der Waals surface area contributed by atoms with Crippen LogP contribution in [0, 0.1) is 0 Å². The predicted octanol–water partition coefficient (Wildman–Crippen LogP) is 3.59. The number of carboxylic acid groups (broad SMARTS) is 1. The molecule has 0 radical (unpaired) electrons. The van der Waals surface area contributed by atoms with Crippen molar-refractivity contribution in [2.75, 3.05) is 13.2 Å². The number of rotatable bonds is 7. The third-order valence-corrected chi connectivity index (χ3v) is 7.44. The summed E-state index contributed by atoms with van der Waals surface area (Å²) in [6, 6.07) is 15.7. The van der Waals surface area contributed by atoms with Crippen LogP contribution in [0.25, 0.3) is 11.1 Å². The van der Waals surface area contributed by atoms with Gasteiger partial charge in [-0.15, -0.1) is 0 Å². The molecule has 0 aromatic heterocycles. The standard InChI is InChI=1S/C27H30N2O6/c30-23(31)15-27(12-5-6-13-27)29-25(32)24-22(11-14-34-24)28-26(33)35-16-21-19-9-3-1-7-17(19)18-8-2-4-10-20(18)21/h1-4,7-10,21-22,24H,5-6,11-16H2,(H,28,33)(H,29,32)(H,30,31)/t22-,24+/m1/s1. The summed E-state index contributed by atoms with van der Waals surface area (Å²) in [5.41, 5.74) is 3.82. The van der Waals surface area contributed by atoms with E-state index in [0.29, 0.717) is 25.9 Å². The zero-order valence-corrected chi connectivity index (χ0v) is 19.5. The maximum absolute atomic E-state index is 13.0. The van der Waals surface area contributed by atoms with Crippen molar-refractivity contribution >= 4 is 18.0 Å². The fraction of sp³-hybridized carbons (Fsp3) is 0.444. The van der Waals surface area contributed by atoms with E-state index in [9.17, 15) is 19.5 Å². The number of alkyl carbamates (subject to hydrolysis) is 1. The van der Waals surface area contributed by atoms with Gasteiger partial charge in [-0.25, -0.2) is 4.79 Å². The number of carbonyl (C=O) groups excluding carboxylic acids is 2. The fourth-order valence-corrected chi connectivity index (χ4v) is 5.81. The van der Waals surface area contributed by atoms with E-state index >= 15 is 0 Å². The molecule has 3 aliphatic rings. The molecule has 1 heterocycles. The lowest BCUT2D eigenvalue weighted by Crippen LogP contribution is -2.55. The van der Waals surface area contributed by atoms with Gasteiger partial charge < -0.3 is 25.2 Å². The van der Waals surface area contributed by atoms with E-state index in [-0.39, 0.29) is 24.9 Å². The summed E-state index contributed by atoms with van der Waals surface area (Å²) in [6.45, 7) is 0.518. The van der Waals surface area contributed by atoms with Gasteiger partial charge in [0.2, 0.25) is 0 Å². The van der Waals surface area contributed by atoms with E-state index < -0.39 is 29.7 Å². The molecule has 2 fully saturated rings. The van der Waals surface area contributed by atoms with E-state index in [1.54, 1.807) is 0 Å². The molecule has 2 aliphatic carbocycles. The molecular formula is C27H30N2O6. The molecule has 2 amide bonds. The van der Waals surface area contributed by atoms with Gasteiger partial charge in [0.1, 0.15) is 6.61 Å². The van der Waals surface area contributed by atoms with Crippen LogP contribution in [0.15, 0.2) is 48.5 Å². The largest absolute Gasteiger partial charge is 0.481 e. The Morgan fingerprint density at radius 2 is 1.63 bits per heavy atom. The Labute approximate surface area is 204 Å². The van der Waals surface area contributed by atoms with Gasteiger partial charge in [-0.2, -0.15) is 0 Å². The van der Waals surface area contributed by atoms with Crippen molar-refractivity contribution in [1.29, 1.82) is 0 Å². The molecule has 2 aromatic rings. The van der Waals surface area contributed by atoms with Crippen LogP contribution in [0.4, 0.5) is 4.79 Å². The first kappa shape index (κ1) is 23.4. The zero-order chi connectivity index (χ0) is 24.4. The van der Waals surface area contributed by atoms with Gasteiger partial charge in [0.15, 0.2) is 6.10 Å². The Morgan fingerprint density at radius 3 is 2.26 bits per heavy atom. The lowest BCUT2D eigenvalue weighted by atomic mass is 9.92. The highest BCUT2D eigenvalue weighted by Crippen LogP contribution is 2.44. The van der Waals surface area contributed by atoms with Gasteiger partial charge in [0, 0.05) is 12.5 Å². The predicted molar refractivity (Wildman–Crippen MR) is 128 cm³/mol. The molecule has 0 bridgehead atoms. The number of hydrogen-bond acceptors (Lipinski definition) is 5. The van der Waals surface area contributed by atoms with E-state index in [2.05, 4.69) is 34.9 Å². The number of carbonyl (C=O) groups is 3. The molecule has 8 nitrogen and oxygen atoms in total. The highest BCUT2D eigenvalue weighted by atomic mass is 16.6. The first-order chi connectivity index (χ1) is 17.0. The normalized spacial score (nSPS) is 22.3. The second-order valence-corrected chi connectivity index (χ2v) is 9.70. The summed E-state index contributed by atoms with van der Waals surface area (Å²) in [5, 5.41) is 15.0. The molecule has 2 atom stereocenters. The van der Waals surface area contributed by atoms with Crippen molar-refractivity contribution in [3.63, 3.8) is 0 Å². The van der Waals surface area contributed by atoms with Crippen molar-refractivity contribution in [3.8, 4) is 11.1 Å². The summed E-state index contributed by atoms with van der Waals surface area (Å²) in [5.74, 6) is -1.37. The Morgan fingerprint density at radius 1 is 1.00 bits per heavy atom. The minimum absolute atomic E-state index is 0.0506. The average Bonchev–Trinajstić information content (AvgIpc) is 3.55. The Kier molecular flexibility index (Phi) is 6.47. The van der Waals surface area contributed by atoms with Gasteiger partial charge in [0.25, 0.3) is 5.91 Å². The number of nitrogens with one attached hydrogen (secondary N) is 2. The molecule has 35 heavy (non-hydrogen) atoms. The number of benzene rings is 2. The molecule has 0 unspecified atom stereocenters. The Bertz CT molecular complexity index is 1080. The molecule has 8 heteroatoms. The second kappa shape index (κ2) is 9.70. The Balaban J connectivity index is 1.20. The SMILES string of the molecule is O=C(O)CC1(NC(=O)[C@H]2OCC[C@H]2NC(=O)OCC2c3ccccc3-c3ccccc32)CCCC1. The van der Waals surface area contributed by atoms with Gasteiger partial charge in [-0.3, -0.25) is 9.59 Å². The van der Waals surface area contributed by atoms with Gasteiger partial charge in [-0.1, -0.05) is 61.4 Å². The maximum Gasteiger partial charge on any atom is 0.407 e. The van der Waals surface area contributed by atoms with Crippen molar-refractivity contribution in [2.45, 2.75) is 62.1 Å². The summed E-state index contributed by atoms with van der Waals surface area (Å²) < 4.78 is 11.3. The van der Waals surface area contributed by atoms with Gasteiger partial charge >= 0.3 is 12.1 Å². The van der Waals surface area contributed by atoms with Crippen molar-refractivity contribution in [2.24, 2.45) is 0 Å². The summed E-state index contributed by atoms with van der Waals surface area (Å²) in [4.78, 5) is 37.1. The summed E-state index contributed by atoms with van der Waals surface area (Å²) >= 11 is 0. The lowest BCUT2D eigenvalue weighted by Gasteiger charge is -2.31. The molecule has 5 rings (SSSR count). The lowest BCUT2D eigenvalue weighted by molar-refractivity contribution is -0.140. The number of carboxylic acids is 1. The third-order valence-electron chi connectivity index (χ3n) is 7.44. The molecule has 1 aliphatic heterocycles. The van der Waals surface area contributed by atoms with Crippen LogP contribution < -0.4 is 10.6 Å². The van der Waals surface area contributed by atoms with E-state index in [0.717, 1.165) is 35.1 Å². The monoisotopic (exact) mass is 478 g/mol. The maximum atomic E-state index is 13.0. The van der Waals surface area contributed by atoms with Crippen LogP contribution >= 0.6 is 0 Å². The minimum Gasteiger partial charge on any atom is -0.481 e. The van der Waals surface area contributed by atoms with Crippen LogP contribution in [0.3, 0.4) is 0 Å². The van der Waals surface area contributed by atoms with Crippen molar-refractivity contribution in [1.82, 2.24) is 10.6 Å². The average molecular weight is 479 g/mol. The molecule has 1 saturated carbocycles. The first-order valence-corrected chi connectivity index (χ1v) is 12.2. The number of amides is 2. The third kappa shape index (κ3) is 4.75. The highest BCUT2D eigenvalue weighted by molar-refractivity contribution is 5.84. The number of ether oxygens (including phenoxy) is 2. The van der Waals surface area contributed by atoms with E-state index in [1.807, 2.05) is 24.3 Å². The second-order valence-electron chi connectivity index (χ2n) is 9.70. The van der Waals surface area contributed by atoms with E-state index in [4.69, 9.17) is 9.47 Å². The van der Waals surface area contributed by atoms with Crippen molar-refractivity contribution < 1.29 is 29.0 Å². The number of fused-ring (bicyclic) bond motifs is 3. The van der Waals surface area contributed by atoms with Gasteiger partial charge in [-0.05, 0) is 41.5 Å². The molecule has 3 N–H and O–H groups in total. The summed E-state index contributed by atoms with van der Waals surface area (Å²) in [7, 11) is 0. The van der Waals surface area contributed by atoms with Crippen LogP contribution in [0.5, 0.6) is 0 Å². The number of aliphatic carboxylic acids is 1.